The van der Waals surface area contributed by atoms with Crippen LogP contribution in [0.3, 0.4) is 0 Å². The van der Waals surface area contributed by atoms with Crippen LogP contribution in [0.5, 0.6) is 0 Å². The van der Waals surface area contributed by atoms with E-state index in [2.05, 4.69) is 13.8 Å². The van der Waals surface area contributed by atoms with Gasteiger partial charge in [-0.15, -0.1) is 0 Å². The molecule has 19 heavy (non-hydrogen) atoms. The van der Waals surface area contributed by atoms with Gasteiger partial charge in [-0.1, -0.05) is 19.8 Å². The van der Waals surface area contributed by atoms with Crippen molar-refractivity contribution >= 4 is 5.97 Å². The van der Waals surface area contributed by atoms with E-state index in [-0.39, 0.29) is 27.2 Å². The number of halogens is 1. The van der Waals surface area contributed by atoms with Crippen LogP contribution in [0.4, 0.5) is 0 Å². The van der Waals surface area contributed by atoms with Gasteiger partial charge in [-0.25, -0.2) is 0 Å². The van der Waals surface area contributed by atoms with Crippen molar-refractivity contribution in [1.29, 1.82) is 0 Å². The summed E-state index contributed by atoms with van der Waals surface area (Å²) in [6.45, 7) is 5.04. The number of hydrogen-bond donors (Lipinski definition) is 0. The molecule has 0 N–H and O–H groups in total. The van der Waals surface area contributed by atoms with Gasteiger partial charge in [-0.05, 0) is 0 Å². The fourth-order valence-electron chi connectivity index (χ4n) is 1.99. The van der Waals surface area contributed by atoms with E-state index in [0.29, 0.717) is 11.0 Å². The molecule has 116 valence electrons. The molecule has 0 aliphatic rings. The molecular weight excluding hydrogens is 351 g/mol. The molecule has 2 nitrogen and oxygen atoms in total. The Morgan fingerprint density at radius 2 is 1.37 bits per heavy atom. The first-order valence-electron chi connectivity index (χ1n) is 8.00. The molecule has 0 heterocycles. The third kappa shape index (κ3) is 16.1. The van der Waals surface area contributed by atoms with Crippen molar-refractivity contribution in [3.8, 4) is 0 Å². The average Bonchev–Trinajstić information content (AvgIpc) is 2.42. The number of carbonyl (C=O) groups is 1. The summed E-state index contributed by atoms with van der Waals surface area (Å²) in [5, 5.41) is 0. The summed E-state index contributed by atoms with van der Waals surface area (Å²) >= 11 is 0.0717. The quantitative estimate of drug-likeness (QED) is 0.197. The third-order valence-corrected chi connectivity index (χ3v) is 5.39. The second-order valence-corrected chi connectivity index (χ2v) is 8.36. The maximum absolute atomic E-state index is 11.3. The van der Waals surface area contributed by atoms with E-state index in [1.165, 1.54) is 62.2 Å². The molecule has 0 aliphatic heterocycles. The second kappa shape index (κ2) is 16.3. The summed E-state index contributed by atoms with van der Waals surface area (Å²) in [6, 6.07) is 0. The zero-order chi connectivity index (χ0) is 14.2. The molecule has 0 atom stereocenters. The van der Waals surface area contributed by atoms with Gasteiger partial charge in [-0.3, -0.25) is 0 Å². The SMILES string of the molecule is CCCCCCCCCCCCOC(=O)C[I-]CC. The first kappa shape index (κ1) is 19.2. The summed E-state index contributed by atoms with van der Waals surface area (Å²) in [7, 11) is 0. The van der Waals surface area contributed by atoms with Crippen LogP contribution in [-0.4, -0.2) is 21.4 Å². The minimum atomic E-state index is 0.0329. The summed E-state index contributed by atoms with van der Waals surface area (Å²) < 4.78 is 7.08. The number of ether oxygens (including phenoxy) is 1. The van der Waals surface area contributed by atoms with Gasteiger partial charge in [0.05, 0.1) is 0 Å². The van der Waals surface area contributed by atoms with E-state index < -0.39 is 0 Å². The van der Waals surface area contributed by atoms with Crippen molar-refractivity contribution in [3.63, 3.8) is 0 Å². The van der Waals surface area contributed by atoms with E-state index in [1.807, 2.05) is 0 Å². The summed E-state index contributed by atoms with van der Waals surface area (Å²) in [4.78, 5) is 11.3. The van der Waals surface area contributed by atoms with Crippen molar-refractivity contribution < 1.29 is 30.7 Å². The molecule has 0 fully saturated rings. The molecule has 0 radical (unpaired) electrons. The third-order valence-electron chi connectivity index (χ3n) is 3.15. The predicted molar refractivity (Wildman–Crippen MR) is 78.2 cm³/mol. The number of unbranched alkanes of at least 4 members (excludes halogenated alkanes) is 9. The Bertz CT molecular complexity index is 195. The van der Waals surface area contributed by atoms with Crippen LogP contribution in [0.1, 0.15) is 78.1 Å². The number of esters is 1. The van der Waals surface area contributed by atoms with Crippen LogP contribution in [0.15, 0.2) is 0 Å². The van der Waals surface area contributed by atoms with Crippen LogP contribution in [0.25, 0.3) is 0 Å². The van der Waals surface area contributed by atoms with Crippen LogP contribution in [-0.2, 0) is 9.53 Å². The van der Waals surface area contributed by atoms with Crippen LogP contribution in [0, 0.1) is 0 Å². The minimum absolute atomic E-state index is 0.0329. The van der Waals surface area contributed by atoms with Gasteiger partial charge in [0.15, 0.2) is 0 Å². The van der Waals surface area contributed by atoms with Crippen molar-refractivity contribution in [2.75, 3.05) is 15.5 Å². The van der Waals surface area contributed by atoms with Crippen LogP contribution < -0.4 is 21.2 Å². The molecule has 0 aliphatic carbocycles. The molecule has 0 spiro atoms. The molecule has 0 saturated heterocycles. The van der Waals surface area contributed by atoms with E-state index in [4.69, 9.17) is 4.74 Å². The number of rotatable bonds is 14. The van der Waals surface area contributed by atoms with E-state index in [1.54, 1.807) is 0 Å². The molecule has 3 heteroatoms. The van der Waals surface area contributed by atoms with Crippen LogP contribution >= 0.6 is 0 Å². The number of carbonyl (C=O) groups excluding carboxylic acids is 1. The summed E-state index contributed by atoms with van der Waals surface area (Å²) in [5.74, 6) is 0.0329. The molecule has 0 aromatic heterocycles. The Kier molecular flexibility index (Phi) is 16.4. The molecule has 0 bridgehead atoms. The predicted octanol–water partition coefficient (Wildman–Crippen LogP) is 1.56. The Morgan fingerprint density at radius 3 is 1.89 bits per heavy atom. The van der Waals surface area contributed by atoms with Gasteiger partial charge >= 0.3 is 110 Å². The molecule has 0 aromatic carbocycles. The van der Waals surface area contributed by atoms with Gasteiger partial charge in [0.25, 0.3) is 0 Å². The van der Waals surface area contributed by atoms with Gasteiger partial charge in [0.2, 0.25) is 0 Å². The van der Waals surface area contributed by atoms with Gasteiger partial charge < -0.3 is 0 Å². The maximum atomic E-state index is 11.3. The Hall–Kier alpha value is 0.200. The molecule has 0 amide bonds. The first-order valence-corrected chi connectivity index (χ1v) is 11.1. The zero-order valence-electron chi connectivity index (χ0n) is 12.9. The zero-order valence-corrected chi connectivity index (χ0v) is 15.0. The van der Waals surface area contributed by atoms with Gasteiger partial charge in [0.1, 0.15) is 0 Å². The van der Waals surface area contributed by atoms with Crippen molar-refractivity contribution in [3.05, 3.63) is 0 Å². The fraction of sp³-hybridized carbons (Fsp3) is 0.938. The standard InChI is InChI=1S/C16H32IO2/c1-3-5-6-7-8-9-10-11-12-13-14-19-16(18)15-17-4-2/h3-15H2,1-2H3/q-1. The van der Waals surface area contributed by atoms with Gasteiger partial charge in [-0.2, -0.15) is 0 Å². The Labute approximate surface area is 130 Å². The topological polar surface area (TPSA) is 26.3 Å². The molecule has 0 rings (SSSR count). The van der Waals surface area contributed by atoms with Crippen molar-refractivity contribution in [1.82, 2.24) is 0 Å². The second-order valence-electron chi connectivity index (χ2n) is 4.99. The number of alkyl halides is 2. The molecular formula is C16H32IO2-. The van der Waals surface area contributed by atoms with E-state index in [9.17, 15) is 4.79 Å². The number of hydrogen-bond acceptors (Lipinski definition) is 2. The van der Waals surface area contributed by atoms with Gasteiger partial charge in [0, 0.05) is 0 Å². The summed E-state index contributed by atoms with van der Waals surface area (Å²) in [6.07, 6.45) is 13.2. The Morgan fingerprint density at radius 1 is 0.842 bits per heavy atom. The van der Waals surface area contributed by atoms with Crippen molar-refractivity contribution in [2.24, 2.45) is 0 Å². The van der Waals surface area contributed by atoms with E-state index >= 15 is 0 Å². The molecule has 0 saturated carbocycles. The van der Waals surface area contributed by atoms with E-state index in [0.717, 1.165) is 6.42 Å². The van der Waals surface area contributed by atoms with Crippen molar-refractivity contribution in [2.45, 2.75) is 78.1 Å². The van der Waals surface area contributed by atoms with Crippen LogP contribution in [0.2, 0.25) is 0 Å². The normalized spacial score (nSPS) is 10.8. The first-order chi connectivity index (χ1) is 9.31. The summed E-state index contributed by atoms with van der Waals surface area (Å²) in [5.41, 5.74) is 0. The Balaban J connectivity index is 3.04. The monoisotopic (exact) mass is 383 g/mol. The average molecular weight is 383 g/mol. The molecule has 0 unspecified atom stereocenters. The fourth-order valence-corrected chi connectivity index (χ4v) is 3.19. The molecule has 0 aromatic rings.